The molecule has 0 fully saturated rings. The van der Waals surface area contributed by atoms with Crippen LogP contribution in [0.2, 0.25) is 0 Å². The fourth-order valence-electron chi connectivity index (χ4n) is 2.04. The van der Waals surface area contributed by atoms with Crippen LogP contribution in [0.5, 0.6) is 0 Å². The van der Waals surface area contributed by atoms with Gasteiger partial charge in [0.2, 0.25) is 0 Å². The summed E-state index contributed by atoms with van der Waals surface area (Å²) in [5, 5.41) is 18.0. The number of carboxylic acid groups (broad SMARTS) is 1. The van der Waals surface area contributed by atoms with Crippen molar-refractivity contribution in [2.24, 2.45) is 0 Å². The van der Waals surface area contributed by atoms with Gasteiger partial charge in [-0.1, -0.05) is 24.3 Å². The number of hydrogen-bond donors (Lipinski definition) is 1. The van der Waals surface area contributed by atoms with Gasteiger partial charge in [0.25, 0.3) is 0 Å². The van der Waals surface area contributed by atoms with Crippen LogP contribution in [0.15, 0.2) is 48.7 Å². The highest BCUT2D eigenvalue weighted by Gasteiger charge is 2.12. The van der Waals surface area contributed by atoms with E-state index in [4.69, 9.17) is 10.4 Å². The zero-order chi connectivity index (χ0) is 15.1. The van der Waals surface area contributed by atoms with Crippen LogP contribution in [-0.4, -0.2) is 22.6 Å². The van der Waals surface area contributed by atoms with E-state index in [2.05, 4.69) is 11.1 Å². The molecule has 1 aromatic heterocycles. The molecule has 21 heavy (non-hydrogen) atoms. The lowest BCUT2D eigenvalue weighted by Gasteiger charge is -2.24. The molecule has 5 nitrogen and oxygen atoms in total. The summed E-state index contributed by atoms with van der Waals surface area (Å²) in [6.07, 6.45) is 1.61. The highest BCUT2D eigenvalue weighted by molar-refractivity contribution is 5.67. The number of carboxylic acids is 1. The molecule has 0 aliphatic carbocycles. The monoisotopic (exact) mass is 281 g/mol. The van der Waals surface area contributed by atoms with E-state index in [9.17, 15) is 4.79 Å². The van der Waals surface area contributed by atoms with E-state index in [0.29, 0.717) is 18.8 Å². The summed E-state index contributed by atoms with van der Waals surface area (Å²) in [5.41, 5.74) is 2.08. The molecular formula is C16H15N3O2. The first-order valence-electron chi connectivity index (χ1n) is 6.56. The lowest BCUT2D eigenvalue weighted by Crippen LogP contribution is -2.26. The molecule has 106 valence electrons. The quantitative estimate of drug-likeness (QED) is 0.880. The third kappa shape index (κ3) is 4.05. The molecule has 2 aromatic rings. The predicted octanol–water partition coefficient (Wildman–Crippen LogP) is 2.43. The number of hydrogen-bond acceptors (Lipinski definition) is 4. The topological polar surface area (TPSA) is 77.2 Å². The Kier molecular flexibility index (Phi) is 4.89. The SMILES string of the molecule is N#Cc1ncccc1CN(CCC(=O)O)c1ccccc1. The van der Waals surface area contributed by atoms with Gasteiger partial charge in [0.05, 0.1) is 6.42 Å². The smallest absolute Gasteiger partial charge is 0.305 e. The fraction of sp³-hybridized carbons (Fsp3) is 0.188. The first-order chi connectivity index (χ1) is 10.2. The summed E-state index contributed by atoms with van der Waals surface area (Å²) >= 11 is 0. The number of para-hydroxylation sites is 1. The minimum atomic E-state index is -0.845. The van der Waals surface area contributed by atoms with E-state index in [1.54, 1.807) is 12.3 Å². The molecule has 1 N–H and O–H groups in total. The van der Waals surface area contributed by atoms with E-state index in [-0.39, 0.29) is 6.42 Å². The number of aromatic nitrogens is 1. The third-order valence-corrected chi connectivity index (χ3v) is 3.08. The molecule has 5 heteroatoms. The average Bonchev–Trinajstić information content (AvgIpc) is 2.52. The molecule has 1 heterocycles. The molecule has 0 amide bonds. The molecule has 0 saturated carbocycles. The lowest BCUT2D eigenvalue weighted by atomic mass is 10.1. The molecule has 0 spiro atoms. The molecule has 0 saturated heterocycles. The normalized spacial score (nSPS) is 9.86. The van der Waals surface area contributed by atoms with E-state index < -0.39 is 5.97 Å². The predicted molar refractivity (Wildman–Crippen MR) is 78.7 cm³/mol. The van der Waals surface area contributed by atoms with Crippen LogP contribution in [0.1, 0.15) is 17.7 Å². The Morgan fingerprint density at radius 2 is 2.00 bits per heavy atom. The highest BCUT2D eigenvalue weighted by atomic mass is 16.4. The largest absolute Gasteiger partial charge is 0.481 e. The number of benzene rings is 1. The second-order valence-corrected chi connectivity index (χ2v) is 4.52. The summed E-state index contributed by atoms with van der Waals surface area (Å²) in [4.78, 5) is 16.8. The van der Waals surface area contributed by atoms with Crippen molar-refractivity contribution in [1.82, 2.24) is 4.98 Å². The van der Waals surface area contributed by atoms with Crippen LogP contribution in [0.4, 0.5) is 5.69 Å². The van der Waals surface area contributed by atoms with Gasteiger partial charge in [0.1, 0.15) is 11.8 Å². The molecule has 0 bridgehead atoms. The maximum absolute atomic E-state index is 10.8. The molecule has 1 aromatic carbocycles. The van der Waals surface area contributed by atoms with Gasteiger partial charge in [-0.3, -0.25) is 4.79 Å². The number of nitriles is 1. The van der Waals surface area contributed by atoms with Crippen LogP contribution in [0.25, 0.3) is 0 Å². The first-order valence-corrected chi connectivity index (χ1v) is 6.56. The maximum Gasteiger partial charge on any atom is 0.305 e. The number of aliphatic carboxylic acids is 1. The Labute approximate surface area is 123 Å². The van der Waals surface area contributed by atoms with Gasteiger partial charge in [0.15, 0.2) is 0 Å². The summed E-state index contributed by atoms with van der Waals surface area (Å²) < 4.78 is 0. The van der Waals surface area contributed by atoms with Gasteiger partial charge in [-0.05, 0) is 18.2 Å². The standard InChI is InChI=1S/C16H15N3O2/c17-11-15-13(5-4-9-18-15)12-19(10-8-16(20)21)14-6-2-1-3-7-14/h1-7,9H,8,10,12H2,(H,20,21). The number of rotatable bonds is 6. The Morgan fingerprint density at radius 3 is 2.67 bits per heavy atom. The first kappa shape index (κ1) is 14.5. The molecule has 0 aliphatic rings. The van der Waals surface area contributed by atoms with Crippen molar-refractivity contribution in [3.8, 4) is 6.07 Å². The van der Waals surface area contributed by atoms with Gasteiger partial charge >= 0.3 is 5.97 Å². The van der Waals surface area contributed by atoms with Crippen molar-refractivity contribution in [1.29, 1.82) is 5.26 Å². The van der Waals surface area contributed by atoms with Gasteiger partial charge in [0, 0.05) is 30.5 Å². The Balaban J connectivity index is 2.24. The maximum atomic E-state index is 10.8. The van der Waals surface area contributed by atoms with Gasteiger partial charge in [-0.2, -0.15) is 5.26 Å². The van der Waals surface area contributed by atoms with Crippen molar-refractivity contribution in [2.75, 3.05) is 11.4 Å². The van der Waals surface area contributed by atoms with Crippen molar-refractivity contribution in [3.63, 3.8) is 0 Å². The fourth-order valence-corrected chi connectivity index (χ4v) is 2.04. The Morgan fingerprint density at radius 1 is 1.24 bits per heavy atom. The summed E-state index contributed by atoms with van der Waals surface area (Å²) in [5.74, 6) is -0.845. The molecule has 0 aliphatic heterocycles. The highest BCUT2D eigenvalue weighted by Crippen LogP contribution is 2.18. The van der Waals surface area contributed by atoms with E-state index >= 15 is 0 Å². The molecule has 2 rings (SSSR count). The van der Waals surface area contributed by atoms with Gasteiger partial charge in [-0.15, -0.1) is 0 Å². The van der Waals surface area contributed by atoms with E-state index in [1.807, 2.05) is 41.3 Å². The lowest BCUT2D eigenvalue weighted by molar-refractivity contribution is -0.136. The van der Waals surface area contributed by atoms with Crippen molar-refractivity contribution >= 4 is 11.7 Å². The van der Waals surface area contributed by atoms with Crippen LogP contribution in [0, 0.1) is 11.3 Å². The number of nitrogens with zero attached hydrogens (tertiary/aromatic N) is 3. The Bertz CT molecular complexity index is 650. The Hall–Kier alpha value is -2.87. The molecule has 0 radical (unpaired) electrons. The van der Waals surface area contributed by atoms with Crippen LogP contribution >= 0.6 is 0 Å². The summed E-state index contributed by atoms with van der Waals surface area (Å²) in [7, 11) is 0. The summed E-state index contributed by atoms with van der Waals surface area (Å²) in [6, 6.07) is 15.2. The van der Waals surface area contributed by atoms with Crippen molar-refractivity contribution < 1.29 is 9.90 Å². The van der Waals surface area contributed by atoms with Gasteiger partial charge < -0.3 is 10.0 Å². The molecule has 0 atom stereocenters. The minimum Gasteiger partial charge on any atom is -0.481 e. The van der Waals surface area contributed by atoms with Crippen LogP contribution in [-0.2, 0) is 11.3 Å². The van der Waals surface area contributed by atoms with Crippen molar-refractivity contribution in [3.05, 3.63) is 59.9 Å². The average molecular weight is 281 g/mol. The van der Waals surface area contributed by atoms with Crippen LogP contribution < -0.4 is 4.90 Å². The van der Waals surface area contributed by atoms with Gasteiger partial charge in [-0.25, -0.2) is 4.98 Å². The minimum absolute atomic E-state index is 0.0387. The zero-order valence-corrected chi connectivity index (χ0v) is 11.4. The number of carbonyl (C=O) groups is 1. The molecule has 0 unspecified atom stereocenters. The second kappa shape index (κ2) is 7.06. The van der Waals surface area contributed by atoms with E-state index in [1.165, 1.54) is 0 Å². The zero-order valence-electron chi connectivity index (χ0n) is 11.4. The molecular weight excluding hydrogens is 266 g/mol. The van der Waals surface area contributed by atoms with E-state index in [0.717, 1.165) is 11.3 Å². The number of pyridine rings is 1. The number of anilines is 1. The van der Waals surface area contributed by atoms with Crippen molar-refractivity contribution in [2.45, 2.75) is 13.0 Å². The third-order valence-electron chi connectivity index (χ3n) is 3.08. The second-order valence-electron chi connectivity index (χ2n) is 4.52. The summed E-state index contributed by atoms with van der Waals surface area (Å²) in [6.45, 7) is 0.827. The van der Waals surface area contributed by atoms with Crippen LogP contribution in [0.3, 0.4) is 0 Å².